The van der Waals surface area contributed by atoms with Gasteiger partial charge >= 0.3 is 0 Å². The number of nitrogens with zero attached hydrogens (tertiary/aromatic N) is 2. The number of hydrogen-bond donors (Lipinski definition) is 1. The summed E-state index contributed by atoms with van der Waals surface area (Å²) in [7, 11) is 1.62. The average Bonchev–Trinajstić information content (AvgIpc) is 2.67. The van der Waals surface area contributed by atoms with Gasteiger partial charge in [0.1, 0.15) is 5.75 Å². The van der Waals surface area contributed by atoms with Crippen molar-refractivity contribution >= 4 is 17.5 Å². The molecule has 7 heteroatoms. The minimum absolute atomic E-state index is 0.0496. The number of hydrazone groups is 1. The SMILES string of the molecule is CCOCCCNC(=O)CCN1N=C(c2ccc(OC)cc2)CCC1=O. The second kappa shape index (κ2) is 10.6. The summed E-state index contributed by atoms with van der Waals surface area (Å²) in [4.78, 5) is 24.0. The number of rotatable bonds is 10. The first-order chi connectivity index (χ1) is 12.6. The number of carbonyl (C=O) groups excluding carboxylic acids is 2. The molecule has 1 aromatic carbocycles. The smallest absolute Gasteiger partial charge is 0.243 e. The van der Waals surface area contributed by atoms with Crippen LogP contribution in [0.2, 0.25) is 0 Å². The molecular weight excluding hydrogens is 334 g/mol. The van der Waals surface area contributed by atoms with E-state index in [1.54, 1.807) is 7.11 Å². The van der Waals surface area contributed by atoms with E-state index in [-0.39, 0.29) is 24.8 Å². The summed E-state index contributed by atoms with van der Waals surface area (Å²) in [5.41, 5.74) is 1.81. The Hall–Kier alpha value is -2.41. The summed E-state index contributed by atoms with van der Waals surface area (Å²) >= 11 is 0. The Labute approximate surface area is 154 Å². The zero-order chi connectivity index (χ0) is 18.8. The summed E-state index contributed by atoms with van der Waals surface area (Å²) in [6, 6.07) is 7.59. The van der Waals surface area contributed by atoms with Crippen LogP contribution in [0.25, 0.3) is 0 Å². The molecule has 1 aliphatic rings. The van der Waals surface area contributed by atoms with Crippen molar-refractivity contribution in [3.63, 3.8) is 0 Å². The average molecular weight is 361 g/mol. The van der Waals surface area contributed by atoms with Gasteiger partial charge in [0.15, 0.2) is 0 Å². The molecule has 26 heavy (non-hydrogen) atoms. The Morgan fingerprint density at radius 1 is 1.27 bits per heavy atom. The van der Waals surface area contributed by atoms with Crippen molar-refractivity contribution in [2.24, 2.45) is 5.10 Å². The van der Waals surface area contributed by atoms with Gasteiger partial charge in [-0.15, -0.1) is 0 Å². The molecule has 0 bridgehead atoms. The maximum absolute atomic E-state index is 12.1. The van der Waals surface area contributed by atoms with Gasteiger partial charge < -0.3 is 14.8 Å². The van der Waals surface area contributed by atoms with Crippen LogP contribution in [-0.4, -0.2) is 55.9 Å². The summed E-state index contributed by atoms with van der Waals surface area (Å²) < 4.78 is 10.4. The first-order valence-corrected chi connectivity index (χ1v) is 9.00. The van der Waals surface area contributed by atoms with E-state index in [0.717, 1.165) is 23.4 Å². The molecule has 0 spiro atoms. The molecule has 0 saturated carbocycles. The highest BCUT2D eigenvalue weighted by molar-refractivity contribution is 6.04. The molecule has 142 valence electrons. The van der Waals surface area contributed by atoms with E-state index in [1.165, 1.54) is 5.01 Å². The molecule has 0 aromatic heterocycles. The van der Waals surface area contributed by atoms with Crippen molar-refractivity contribution in [2.75, 3.05) is 33.4 Å². The monoisotopic (exact) mass is 361 g/mol. The third kappa shape index (κ3) is 6.15. The van der Waals surface area contributed by atoms with Crippen LogP contribution < -0.4 is 10.1 Å². The zero-order valence-electron chi connectivity index (χ0n) is 15.5. The van der Waals surface area contributed by atoms with Crippen LogP contribution in [0, 0.1) is 0 Å². The second-order valence-corrected chi connectivity index (χ2v) is 5.94. The van der Waals surface area contributed by atoms with Crippen molar-refractivity contribution in [1.29, 1.82) is 0 Å². The normalized spacial score (nSPS) is 14.2. The molecule has 1 aliphatic heterocycles. The summed E-state index contributed by atoms with van der Waals surface area (Å²) in [5.74, 6) is 0.645. The highest BCUT2D eigenvalue weighted by Gasteiger charge is 2.21. The van der Waals surface area contributed by atoms with Crippen LogP contribution in [0.3, 0.4) is 0 Å². The molecule has 0 atom stereocenters. The number of methoxy groups -OCH3 is 1. The molecule has 2 rings (SSSR count). The molecule has 2 amide bonds. The highest BCUT2D eigenvalue weighted by Crippen LogP contribution is 2.18. The molecule has 0 aliphatic carbocycles. The molecule has 0 fully saturated rings. The van der Waals surface area contributed by atoms with Crippen molar-refractivity contribution in [3.05, 3.63) is 29.8 Å². The second-order valence-electron chi connectivity index (χ2n) is 5.94. The Morgan fingerprint density at radius 2 is 2.04 bits per heavy atom. The summed E-state index contributed by atoms with van der Waals surface area (Å²) in [6.45, 7) is 4.12. The van der Waals surface area contributed by atoms with Crippen LogP contribution in [0.15, 0.2) is 29.4 Å². The minimum atomic E-state index is -0.0823. The third-order valence-corrected chi connectivity index (χ3v) is 4.07. The van der Waals surface area contributed by atoms with Crippen LogP contribution in [-0.2, 0) is 14.3 Å². The molecule has 0 saturated heterocycles. The van der Waals surface area contributed by atoms with Gasteiger partial charge in [0.25, 0.3) is 0 Å². The van der Waals surface area contributed by atoms with Gasteiger partial charge in [0, 0.05) is 39.0 Å². The molecule has 1 N–H and O–H groups in total. The summed E-state index contributed by atoms with van der Waals surface area (Å²) in [6.07, 6.45) is 2.02. The Kier molecular flexibility index (Phi) is 8.08. The van der Waals surface area contributed by atoms with E-state index in [2.05, 4.69) is 10.4 Å². The van der Waals surface area contributed by atoms with Gasteiger partial charge in [-0.25, -0.2) is 5.01 Å². The number of hydrogen-bond acceptors (Lipinski definition) is 5. The number of nitrogens with one attached hydrogen (secondary N) is 1. The Balaban J connectivity index is 1.84. The molecule has 0 unspecified atom stereocenters. The number of carbonyl (C=O) groups is 2. The van der Waals surface area contributed by atoms with Gasteiger partial charge in [-0.3, -0.25) is 9.59 Å². The zero-order valence-corrected chi connectivity index (χ0v) is 15.5. The van der Waals surface area contributed by atoms with Gasteiger partial charge in [0.2, 0.25) is 11.8 Å². The number of ether oxygens (including phenoxy) is 2. The van der Waals surface area contributed by atoms with Gasteiger partial charge in [-0.2, -0.15) is 5.10 Å². The quantitative estimate of drug-likeness (QED) is 0.646. The number of benzene rings is 1. The predicted octanol–water partition coefficient (Wildman–Crippen LogP) is 1.95. The lowest BCUT2D eigenvalue weighted by atomic mass is 10.0. The number of amides is 2. The fraction of sp³-hybridized carbons (Fsp3) is 0.526. The first-order valence-electron chi connectivity index (χ1n) is 9.00. The van der Waals surface area contributed by atoms with E-state index >= 15 is 0 Å². The van der Waals surface area contributed by atoms with Crippen molar-refractivity contribution in [3.8, 4) is 5.75 Å². The van der Waals surface area contributed by atoms with Gasteiger partial charge in [-0.1, -0.05) is 0 Å². The predicted molar refractivity (Wildman–Crippen MR) is 99.2 cm³/mol. The highest BCUT2D eigenvalue weighted by atomic mass is 16.5. The molecule has 1 aromatic rings. The fourth-order valence-corrected chi connectivity index (χ4v) is 2.61. The van der Waals surface area contributed by atoms with Crippen LogP contribution in [0.1, 0.15) is 38.2 Å². The molecular formula is C19H27N3O4. The maximum Gasteiger partial charge on any atom is 0.243 e. The lowest BCUT2D eigenvalue weighted by Gasteiger charge is -2.23. The van der Waals surface area contributed by atoms with Crippen LogP contribution >= 0.6 is 0 Å². The van der Waals surface area contributed by atoms with E-state index in [0.29, 0.717) is 32.6 Å². The van der Waals surface area contributed by atoms with Crippen LogP contribution in [0.4, 0.5) is 0 Å². The van der Waals surface area contributed by atoms with Crippen molar-refractivity contribution < 1.29 is 19.1 Å². The summed E-state index contributed by atoms with van der Waals surface area (Å²) in [5, 5.41) is 8.68. The van der Waals surface area contributed by atoms with Crippen LogP contribution in [0.5, 0.6) is 5.75 Å². The Bertz CT molecular complexity index is 628. The fourth-order valence-electron chi connectivity index (χ4n) is 2.61. The Morgan fingerprint density at radius 3 is 2.73 bits per heavy atom. The van der Waals surface area contributed by atoms with Gasteiger partial charge in [0.05, 0.1) is 19.4 Å². The van der Waals surface area contributed by atoms with E-state index in [1.807, 2.05) is 31.2 Å². The van der Waals surface area contributed by atoms with Crippen molar-refractivity contribution in [1.82, 2.24) is 10.3 Å². The van der Waals surface area contributed by atoms with E-state index < -0.39 is 0 Å². The maximum atomic E-state index is 12.1. The largest absolute Gasteiger partial charge is 0.497 e. The third-order valence-electron chi connectivity index (χ3n) is 4.07. The first kappa shape index (κ1) is 19.9. The lowest BCUT2D eigenvalue weighted by molar-refractivity contribution is -0.132. The topological polar surface area (TPSA) is 80.2 Å². The molecule has 0 radical (unpaired) electrons. The van der Waals surface area contributed by atoms with Crippen molar-refractivity contribution in [2.45, 2.75) is 32.6 Å². The lowest BCUT2D eigenvalue weighted by Crippen LogP contribution is -2.35. The van der Waals surface area contributed by atoms with E-state index in [9.17, 15) is 9.59 Å². The molecule has 7 nitrogen and oxygen atoms in total. The van der Waals surface area contributed by atoms with Gasteiger partial charge in [-0.05, 0) is 43.2 Å². The molecule has 1 heterocycles. The standard InChI is InChI=1S/C19H27N3O4/c1-3-26-14-4-12-20-18(23)11-13-22-19(24)10-9-17(21-22)15-5-7-16(25-2)8-6-15/h5-8H,3-4,9-14H2,1-2H3,(H,20,23). The minimum Gasteiger partial charge on any atom is -0.497 e. The van der Waals surface area contributed by atoms with E-state index in [4.69, 9.17) is 9.47 Å².